The molecule has 3 aromatic rings. The van der Waals surface area contributed by atoms with E-state index >= 15 is 0 Å². The number of thioether (sulfide) groups is 1. The van der Waals surface area contributed by atoms with Crippen LogP contribution in [0.2, 0.25) is 0 Å². The molecule has 3 N–H and O–H groups in total. The van der Waals surface area contributed by atoms with Gasteiger partial charge in [-0.25, -0.2) is 4.98 Å². The molecule has 0 spiro atoms. The second-order valence-electron chi connectivity index (χ2n) is 6.69. The summed E-state index contributed by atoms with van der Waals surface area (Å²) in [5.41, 5.74) is 5.48. The molecule has 5 nitrogen and oxygen atoms in total. The molecule has 4 rings (SSSR count). The molecular weight excluding hydrogens is 344 g/mol. The summed E-state index contributed by atoms with van der Waals surface area (Å²) in [4.78, 5) is 19.9. The van der Waals surface area contributed by atoms with E-state index in [2.05, 4.69) is 51.8 Å². The van der Waals surface area contributed by atoms with Crippen LogP contribution in [0.25, 0.3) is 11.0 Å². The van der Waals surface area contributed by atoms with E-state index in [9.17, 15) is 4.79 Å². The van der Waals surface area contributed by atoms with Crippen molar-refractivity contribution in [2.75, 3.05) is 11.5 Å². The van der Waals surface area contributed by atoms with Crippen LogP contribution in [0, 0.1) is 6.92 Å². The van der Waals surface area contributed by atoms with Crippen LogP contribution in [0.5, 0.6) is 0 Å². The van der Waals surface area contributed by atoms with Gasteiger partial charge in [0.2, 0.25) is 5.91 Å². The number of benzene rings is 2. The zero-order valence-electron chi connectivity index (χ0n) is 14.7. The highest BCUT2D eigenvalue weighted by molar-refractivity contribution is 7.99. The summed E-state index contributed by atoms with van der Waals surface area (Å²) in [6, 6.07) is 14.6. The number of aromatic nitrogens is 2. The number of nitrogens with one attached hydrogen (secondary N) is 3. The van der Waals surface area contributed by atoms with Crippen molar-refractivity contribution in [2.45, 2.75) is 25.6 Å². The smallest absolute Gasteiger partial charge is 0.238 e. The fourth-order valence-corrected chi connectivity index (χ4v) is 4.33. The number of fused-ring (bicyclic) bond motifs is 1. The third-order valence-corrected chi connectivity index (χ3v) is 5.86. The lowest BCUT2D eigenvalue weighted by molar-refractivity contribution is -0.123. The molecule has 1 saturated heterocycles. The number of hydrogen-bond donors (Lipinski definition) is 3. The fraction of sp³-hybridized carbons (Fsp3) is 0.300. The van der Waals surface area contributed by atoms with E-state index in [-0.39, 0.29) is 18.0 Å². The zero-order chi connectivity index (χ0) is 17.9. The first-order chi connectivity index (χ1) is 12.7. The second-order valence-corrected chi connectivity index (χ2v) is 7.77. The first-order valence-corrected chi connectivity index (χ1v) is 9.94. The van der Waals surface area contributed by atoms with Crippen molar-refractivity contribution in [3.8, 4) is 0 Å². The average molecular weight is 366 g/mol. The number of amides is 1. The van der Waals surface area contributed by atoms with Gasteiger partial charge < -0.3 is 10.3 Å². The van der Waals surface area contributed by atoms with Crippen LogP contribution in [0.1, 0.15) is 22.7 Å². The number of imidazole rings is 1. The van der Waals surface area contributed by atoms with Gasteiger partial charge in [-0.05, 0) is 30.2 Å². The number of rotatable bonds is 4. The van der Waals surface area contributed by atoms with Gasteiger partial charge in [0.1, 0.15) is 0 Å². The summed E-state index contributed by atoms with van der Waals surface area (Å²) >= 11 is 1.83. The first-order valence-electron chi connectivity index (χ1n) is 8.79. The van der Waals surface area contributed by atoms with Crippen molar-refractivity contribution in [3.05, 3.63) is 65.5 Å². The lowest BCUT2D eigenvalue weighted by Crippen LogP contribution is -2.50. The number of carbonyl (C=O) groups excluding carboxylic acids is 1. The van der Waals surface area contributed by atoms with Gasteiger partial charge >= 0.3 is 0 Å². The van der Waals surface area contributed by atoms with Crippen LogP contribution < -0.4 is 10.6 Å². The van der Waals surface area contributed by atoms with E-state index in [1.165, 1.54) is 11.1 Å². The molecule has 1 unspecified atom stereocenters. The number of carbonyl (C=O) groups is 1. The van der Waals surface area contributed by atoms with E-state index in [0.717, 1.165) is 28.1 Å². The third kappa shape index (κ3) is 3.76. The van der Waals surface area contributed by atoms with Gasteiger partial charge in [0.15, 0.2) is 0 Å². The molecule has 2 heterocycles. The monoisotopic (exact) mass is 366 g/mol. The highest BCUT2D eigenvalue weighted by atomic mass is 32.2. The Bertz CT molecular complexity index is 906. The number of aryl methyl sites for hydroxylation is 1. The Labute approximate surface area is 157 Å². The van der Waals surface area contributed by atoms with Crippen LogP contribution in [0.15, 0.2) is 48.8 Å². The Balaban J connectivity index is 1.37. The van der Waals surface area contributed by atoms with Gasteiger partial charge in [-0.15, -0.1) is 0 Å². The van der Waals surface area contributed by atoms with Gasteiger partial charge in [-0.2, -0.15) is 11.8 Å². The Morgan fingerprint density at radius 3 is 2.92 bits per heavy atom. The van der Waals surface area contributed by atoms with Crippen molar-refractivity contribution in [3.63, 3.8) is 0 Å². The van der Waals surface area contributed by atoms with E-state index in [0.29, 0.717) is 6.54 Å². The predicted octanol–water partition coefficient (Wildman–Crippen LogP) is 2.93. The minimum Gasteiger partial charge on any atom is -0.351 e. The standard InChI is InChI=1S/C20H22N4OS/c1-13-2-5-15(6-3-13)18-10-26-11-19(24-18)20(25)21-9-14-4-7-16-17(8-14)23-12-22-16/h2-8,12,18-19,24H,9-11H2,1H3,(H,21,25)(H,22,23)/t18?,19-/m0/s1. The molecule has 1 aliphatic rings. The number of hydrogen-bond acceptors (Lipinski definition) is 4. The van der Waals surface area contributed by atoms with Crippen LogP contribution in [0.3, 0.4) is 0 Å². The average Bonchev–Trinajstić information content (AvgIpc) is 3.14. The molecule has 26 heavy (non-hydrogen) atoms. The zero-order valence-corrected chi connectivity index (χ0v) is 15.5. The number of nitrogens with zero attached hydrogens (tertiary/aromatic N) is 1. The van der Waals surface area contributed by atoms with Crippen molar-refractivity contribution >= 4 is 28.7 Å². The van der Waals surface area contributed by atoms with Crippen LogP contribution in [0.4, 0.5) is 0 Å². The number of aromatic amines is 1. The molecular formula is C20H22N4OS. The van der Waals surface area contributed by atoms with E-state index in [1.54, 1.807) is 6.33 Å². The lowest BCUT2D eigenvalue weighted by atomic mass is 10.1. The molecule has 0 saturated carbocycles. The first kappa shape index (κ1) is 17.1. The third-order valence-electron chi connectivity index (χ3n) is 4.72. The molecule has 0 radical (unpaired) electrons. The maximum atomic E-state index is 12.6. The molecule has 1 aromatic heterocycles. The van der Waals surface area contributed by atoms with Crippen molar-refractivity contribution < 1.29 is 4.79 Å². The Morgan fingerprint density at radius 2 is 2.08 bits per heavy atom. The lowest BCUT2D eigenvalue weighted by Gasteiger charge is -2.30. The molecule has 6 heteroatoms. The largest absolute Gasteiger partial charge is 0.351 e. The van der Waals surface area contributed by atoms with Gasteiger partial charge in [-0.3, -0.25) is 10.1 Å². The van der Waals surface area contributed by atoms with Crippen molar-refractivity contribution in [2.24, 2.45) is 0 Å². The van der Waals surface area contributed by atoms with Crippen LogP contribution in [-0.2, 0) is 11.3 Å². The Hall–Kier alpha value is -2.31. The summed E-state index contributed by atoms with van der Waals surface area (Å²) in [6.45, 7) is 2.61. The van der Waals surface area contributed by atoms with Gasteiger partial charge in [-0.1, -0.05) is 35.9 Å². The maximum Gasteiger partial charge on any atom is 0.238 e. The molecule has 0 bridgehead atoms. The van der Waals surface area contributed by atoms with Crippen LogP contribution >= 0.6 is 11.8 Å². The quantitative estimate of drug-likeness (QED) is 0.664. The van der Waals surface area contributed by atoms with E-state index in [1.807, 2.05) is 30.0 Å². The Kier molecular flexibility index (Phi) is 4.95. The van der Waals surface area contributed by atoms with E-state index in [4.69, 9.17) is 0 Å². The molecule has 1 fully saturated rings. The van der Waals surface area contributed by atoms with Crippen molar-refractivity contribution in [1.29, 1.82) is 0 Å². The van der Waals surface area contributed by atoms with Crippen molar-refractivity contribution in [1.82, 2.24) is 20.6 Å². The summed E-state index contributed by atoms with van der Waals surface area (Å²) in [5, 5.41) is 6.56. The number of H-pyrrole nitrogens is 1. The molecule has 0 aliphatic carbocycles. The summed E-state index contributed by atoms with van der Waals surface area (Å²) in [7, 11) is 0. The highest BCUT2D eigenvalue weighted by Gasteiger charge is 2.27. The minimum absolute atomic E-state index is 0.0546. The Morgan fingerprint density at radius 1 is 1.23 bits per heavy atom. The summed E-state index contributed by atoms with van der Waals surface area (Å²) in [5.74, 6) is 1.84. The van der Waals surface area contributed by atoms with Gasteiger partial charge in [0.25, 0.3) is 0 Å². The summed E-state index contributed by atoms with van der Waals surface area (Å²) < 4.78 is 0. The highest BCUT2D eigenvalue weighted by Crippen LogP contribution is 2.25. The van der Waals surface area contributed by atoms with Gasteiger partial charge in [0.05, 0.1) is 23.4 Å². The predicted molar refractivity (Wildman–Crippen MR) is 106 cm³/mol. The topological polar surface area (TPSA) is 69.8 Å². The molecule has 2 aromatic carbocycles. The molecule has 1 aliphatic heterocycles. The molecule has 1 amide bonds. The molecule has 134 valence electrons. The minimum atomic E-state index is -0.170. The van der Waals surface area contributed by atoms with Gasteiger partial charge in [0, 0.05) is 24.1 Å². The van der Waals surface area contributed by atoms with Crippen LogP contribution in [-0.4, -0.2) is 33.4 Å². The fourth-order valence-electron chi connectivity index (χ4n) is 3.19. The summed E-state index contributed by atoms with van der Waals surface area (Å²) in [6.07, 6.45) is 1.68. The maximum absolute atomic E-state index is 12.6. The van der Waals surface area contributed by atoms with E-state index < -0.39 is 0 Å². The molecule has 2 atom stereocenters. The SMILES string of the molecule is Cc1ccc(C2CSC[C@@H](C(=O)NCc3ccc4nc[nH]c4c3)N2)cc1. The second kappa shape index (κ2) is 7.51. The normalized spacial score (nSPS) is 20.2.